The van der Waals surface area contributed by atoms with Crippen molar-refractivity contribution in [2.24, 2.45) is 0 Å². The zero-order valence-electron chi connectivity index (χ0n) is 9.87. The monoisotopic (exact) mass is 228 g/mol. The van der Waals surface area contributed by atoms with E-state index in [9.17, 15) is 5.11 Å². The highest BCUT2D eigenvalue weighted by Crippen LogP contribution is 2.18. The van der Waals surface area contributed by atoms with Gasteiger partial charge in [0.05, 0.1) is 16.3 Å². The Morgan fingerprint density at radius 2 is 2.20 bits per heavy atom. The van der Waals surface area contributed by atoms with E-state index >= 15 is 0 Å². The predicted octanol–water partition coefficient (Wildman–Crippen LogP) is 2.13. The molecule has 3 nitrogen and oxygen atoms in total. The lowest BCUT2D eigenvalue weighted by Gasteiger charge is -2.16. The minimum absolute atomic E-state index is 0.498. The minimum atomic E-state index is -0.656. The minimum Gasteiger partial charge on any atom is -0.389 e. The van der Waals surface area contributed by atoms with E-state index in [0.29, 0.717) is 12.5 Å². The van der Waals surface area contributed by atoms with Crippen molar-refractivity contribution in [1.29, 1.82) is 0 Å². The van der Waals surface area contributed by atoms with Gasteiger partial charge in [0.15, 0.2) is 0 Å². The Kier molecular flexibility index (Phi) is 4.25. The number of nitrogens with zero attached hydrogens (tertiary/aromatic N) is 1. The third-order valence-electron chi connectivity index (χ3n) is 1.93. The molecule has 1 rings (SSSR count). The van der Waals surface area contributed by atoms with Crippen molar-refractivity contribution in [3.05, 3.63) is 16.1 Å². The van der Waals surface area contributed by atoms with Crippen LogP contribution in [0.4, 0.5) is 0 Å². The van der Waals surface area contributed by atoms with Gasteiger partial charge in [-0.3, -0.25) is 0 Å². The van der Waals surface area contributed by atoms with Crippen LogP contribution >= 0.6 is 11.3 Å². The standard InChI is InChI=1S/C11H20N2OS/c1-8(2)10-13-9(6-15-10)5-12-7-11(3,4)14/h6,8,12,14H,5,7H2,1-4H3. The van der Waals surface area contributed by atoms with E-state index in [2.05, 4.69) is 29.5 Å². The Labute approximate surface area is 95.6 Å². The first-order chi connectivity index (χ1) is 6.88. The largest absolute Gasteiger partial charge is 0.389 e. The Bertz CT molecular complexity index is 302. The summed E-state index contributed by atoms with van der Waals surface area (Å²) in [6.45, 7) is 9.19. The van der Waals surface area contributed by atoms with E-state index < -0.39 is 5.60 Å². The molecule has 0 radical (unpaired) electrons. The van der Waals surface area contributed by atoms with Crippen molar-refractivity contribution in [2.45, 2.75) is 45.8 Å². The number of aromatic nitrogens is 1. The molecule has 0 saturated heterocycles. The summed E-state index contributed by atoms with van der Waals surface area (Å²) in [5.74, 6) is 0.498. The lowest BCUT2D eigenvalue weighted by molar-refractivity contribution is 0.0794. The molecule has 0 aromatic carbocycles. The summed E-state index contributed by atoms with van der Waals surface area (Å²) in [6.07, 6.45) is 0. The van der Waals surface area contributed by atoms with E-state index in [0.717, 1.165) is 12.2 Å². The molecule has 1 heterocycles. The average molecular weight is 228 g/mol. The van der Waals surface area contributed by atoms with Crippen LogP contribution in [0.25, 0.3) is 0 Å². The highest BCUT2D eigenvalue weighted by atomic mass is 32.1. The van der Waals surface area contributed by atoms with Crippen LogP contribution < -0.4 is 5.32 Å². The van der Waals surface area contributed by atoms with Gasteiger partial charge in [0.1, 0.15) is 0 Å². The van der Waals surface area contributed by atoms with Crippen LogP contribution in [0.2, 0.25) is 0 Å². The van der Waals surface area contributed by atoms with Gasteiger partial charge in [-0.2, -0.15) is 0 Å². The number of nitrogens with one attached hydrogen (secondary N) is 1. The first-order valence-corrected chi connectivity index (χ1v) is 6.14. The summed E-state index contributed by atoms with van der Waals surface area (Å²) in [5.41, 5.74) is 0.407. The molecule has 15 heavy (non-hydrogen) atoms. The number of thiazole rings is 1. The quantitative estimate of drug-likeness (QED) is 0.811. The SMILES string of the molecule is CC(C)c1nc(CNCC(C)(C)O)cs1. The fraction of sp³-hybridized carbons (Fsp3) is 0.727. The van der Waals surface area contributed by atoms with Crippen LogP contribution in [-0.2, 0) is 6.54 Å². The molecule has 2 N–H and O–H groups in total. The van der Waals surface area contributed by atoms with Gasteiger partial charge in [0, 0.05) is 24.4 Å². The molecule has 0 amide bonds. The summed E-state index contributed by atoms with van der Waals surface area (Å²) < 4.78 is 0. The zero-order chi connectivity index (χ0) is 11.5. The molecular formula is C11H20N2OS. The van der Waals surface area contributed by atoms with Gasteiger partial charge in [0.2, 0.25) is 0 Å². The van der Waals surface area contributed by atoms with Crippen molar-refractivity contribution >= 4 is 11.3 Å². The third kappa shape index (κ3) is 4.73. The third-order valence-corrected chi connectivity index (χ3v) is 3.12. The van der Waals surface area contributed by atoms with Crippen LogP contribution in [0.3, 0.4) is 0 Å². The van der Waals surface area contributed by atoms with Crippen LogP contribution in [0.1, 0.15) is 44.3 Å². The maximum absolute atomic E-state index is 9.51. The van der Waals surface area contributed by atoms with E-state index in [-0.39, 0.29) is 0 Å². The van der Waals surface area contributed by atoms with E-state index in [1.807, 2.05) is 0 Å². The van der Waals surface area contributed by atoms with Gasteiger partial charge in [-0.05, 0) is 13.8 Å². The zero-order valence-corrected chi connectivity index (χ0v) is 10.7. The summed E-state index contributed by atoms with van der Waals surface area (Å²) in [5, 5.41) is 15.9. The van der Waals surface area contributed by atoms with Crippen molar-refractivity contribution in [3.8, 4) is 0 Å². The summed E-state index contributed by atoms with van der Waals surface area (Å²) in [7, 11) is 0. The van der Waals surface area contributed by atoms with Crippen molar-refractivity contribution < 1.29 is 5.11 Å². The van der Waals surface area contributed by atoms with E-state index in [4.69, 9.17) is 0 Å². The fourth-order valence-corrected chi connectivity index (χ4v) is 2.00. The second-order valence-electron chi connectivity index (χ2n) is 4.75. The highest BCUT2D eigenvalue weighted by Gasteiger charge is 2.12. The number of hydrogen-bond donors (Lipinski definition) is 2. The Hall–Kier alpha value is -0.450. The van der Waals surface area contributed by atoms with Gasteiger partial charge in [-0.15, -0.1) is 11.3 Å². The lowest BCUT2D eigenvalue weighted by atomic mass is 10.1. The molecule has 0 fully saturated rings. The molecule has 0 unspecified atom stereocenters. The van der Waals surface area contributed by atoms with Crippen LogP contribution in [0.15, 0.2) is 5.38 Å². The molecular weight excluding hydrogens is 208 g/mol. The summed E-state index contributed by atoms with van der Waals surface area (Å²) in [6, 6.07) is 0. The molecule has 1 aromatic rings. The molecule has 4 heteroatoms. The molecule has 0 spiro atoms. The maximum atomic E-state index is 9.51. The van der Waals surface area contributed by atoms with E-state index in [1.54, 1.807) is 25.2 Å². The molecule has 86 valence electrons. The number of aliphatic hydroxyl groups is 1. The predicted molar refractivity (Wildman–Crippen MR) is 64.2 cm³/mol. The van der Waals surface area contributed by atoms with Crippen molar-refractivity contribution in [3.63, 3.8) is 0 Å². The Morgan fingerprint density at radius 1 is 1.53 bits per heavy atom. The van der Waals surface area contributed by atoms with Crippen molar-refractivity contribution in [1.82, 2.24) is 10.3 Å². The van der Waals surface area contributed by atoms with Gasteiger partial charge in [-0.1, -0.05) is 13.8 Å². The molecule has 0 bridgehead atoms. The average Bonchev–Trinajstić information content (AvgIpc) is 2.50. The molecule has 0 atom stereocenters. The second kappa shape index (κ2) is 5.05. The van der Waals surface area contributed by atoms with Gasteiger partial charge in [-0.25, -0.2) is 4.98 Å². The number of rotatable bonds is 5. The molecule has 0 aliphatic heterocycles. The van der Waals surface area contributed by atoms with Crippen molar-refractivity contribution in [2.75, 3.05) is 6.54 Å². The first kappa shape index (κ1) is 12.6. The summed E-state index contributed by atoms with van der Waals surface area (Å²) >= 11 is 1.70. The summed E-state index contributed by atoms with van der Waals surface area (Å²) in [4.78, 5) is 4.50. The topological polar surface area (TPSA) is 45.2 Å². The van der Waals surface area contributed by atoms with E-state index in [1.165, 1.54) is 5.01 Å². The molecule has 0 aliphatic rings. The van der Waals surface area contributed by atoms with Gasteiger partial charge < -0.3 is 10.4 Å². The fourth-order valence-electron chi connectivity index (χ4n) is 1.17. The van der Waals surface area contributed by atoms with Gasteiger partial charge in [0.25, 0.3) is 0 Å². The normalized spacial score (nSPS) is 12.4. The van der Waals surface area contributed by atoms with Gasteiger partial charge >= 0.3 is 0 Å². The highest BCUT2D eigenvalue weighted by molar-refractivity contribution is 7.09. The molecule has 0 aliphatic carbocycles. The maximum Gasteiger partial charge on any atom is 0.0954 e. The Morgan fingerprint density at radius 3 is 2.67 bits per heavy atom. The van der Waals surface area contributed by atoms with Crippen LogP contribution in [-0.4, -0.2) is 22.2 Å². The lowest BCUT2D eigenvalue weighted by Crippen LogP contribution is -2.34. The van der Waals surface area contributed by atoms with Crippen LogP contribution in [0.5, 0.6) is 0 Å². The molecule has 1 aromatic heterocycles. The number of hydrogen-bond acceptors (Lipinski definition) is 4. The Balaban J connectivity index is 2.38. The second-order valence-corrected chi connectivity index (χ2v) is 5.64. The first-order valence-electron chi connectivity index (χ1n) is 5.26. The van der Waals surface area contributed by atoms with Crippen LogP contribution in [0, 0.1) is 0 Å². The smallest absolute Gasteiger partial charge is 0.0954 e. The molecule has 0 saturated carbocycles.